The van der Waals surface area contributed by atoms with Crippen molar-refractivity contribution < 1.29 is 14.3 Å². The van der Waals surface area contributed by atoms with E-state index in [0.717, 1.165) is 0 Å². The number of ether oxygens (including phenoxy) is 1. The van der Waals surface area contributed by atoms with Crippen molar-refractivity contribution in [2.24, 2.45) is 0 Å². The van der Waals surface area contributed by atoms with Gasteiger partial charge in [-0.25, -0.2) is 4.98 Å². The summed E-state index contributed by atoms with van der Waals surface area (Å²) in [6.07, 6.45) is 1.04. The van der Waals surface area contributed by atoms with E-state index in [9.17, 15) is 14.4 Å². The van der Waals surface area contributed by atoms with Crippen molar-refractivity contribution in [1.29, 1.82) is 0 Å². The molecule has 0 atom stereocenters. The highest BCUT2D eigenvalue weighted by molar-refractivity contribution is 9.10. The molecule has 6 nitrogen and oxygen atoms in total. The molecule has 0 aliphatic rings. The average molecular weight is 317 g/mol. The third kappa shape index (κ3) is 3.76. The Bertz CT molecular complexity index is 524. The van der Waals surface area contributed by atoms with Gasteiger partial charge in [0.1, 0.15) is 16.7 Å². The van der Waals surface area contributed by atoms with Gasteiger partial charge in [-0.1, -0.05) is 0 Å². The second-order valence-electron chi connectivity index (χ2n) is 3.57. The average Bonchev–Trinajstić information content (AvgIpc) is 2.30. The van der Waals surface area contributed by atoms with Crippen LogP contribution in [0.25, 0.3) is 0 Å². The number of rotatable bonds is 5. The summed E-state index contributed by atoms with van der Waals surface area (Å²) in [7, 11) is 0. The summed E-state index contributed by atoms with van der Waals surface area (Å²) in [5.41, 5.74) is -0.347. The van der Waals surface area contributed by atoms with Crippen LogP contribution in [0.15, 0.2) is 15.5 Å². The minimum atomic E-state index is -0.587. The number of ketones is 1. The van der Waals surface area contributed by atoms with Gasteiger partial charge in [-0.05, 0) is 29.8 Å². The van der Waals surface area contributed by atoms with Crippen molar-refractivity contribution in [3.63, 3.8) is 0 Å². The number of Topliss-reactive ketones (excluding diaryl/α,β-unsaturated/α-hetero) is 1. The molecule has 1 heterocycles. The molecule has 0 unspecified atom stereocenters. The highest BCUT2D eigenvalue weighted by atomic mass is 79.9. The second-order valence-corrected chi connectivity index (χ2v) is 4.42. The summed E-state index contributed by atoms with van der Waals surface area (Å²) in [4.78, 5) is 38.4. The molecule has 0 N–H and O–H groups in total. The van der Waals surface area contributed by atoms with Crippen LogP contribution >= 0.6 is 15.9 Å². The molecule has 0 fully saturated rings. The van der Waals surface area contributed by atoms with Crippen LogP contribution in [-0.4, -0.2) is 27.9 Å². The fraction of sp³-hybridized carbons (Fsp3) is 0.455. The van der Waals surface area contributed by atoms with Crippen LogP contribution in [0.1, 0.15) is 19.2 Å². The first-order valence-corrected chi connectivity index (χ1v) is 6.14. The van der Waals surface area contributed by atoms with Gasteiger partial charge in [0.25, 0.3) is 5.56 Å². The summed E-state index contributed by atoms with van der Waals surface area (Å²) in [5, 5.41) is 0. The molecular weight excluding hydrogens is 304 g/mol. The zero-order valence-electron chi connectivity index (χ0n) is 10.1. The molecule has 1 rings (SSSR count). The molecule has 18 heavy (non-hydrogen) atoms. The summed E-state index contributed by atoms with van der Waals surface area (Å²) in [5.74, 6) is -0.560. The Morgan fingerprint density at radius 1 is 1.50 bits per heavy atom. The Morgan fingerprint density at radius 2 is 2.17 bits per heavy atom. The number of aromatic nitrogens is 2. The molecule has 0 saturated heterocycles. The fourth-order valence-corrected chi connectivity index (χ4v) is 1.66. The van der Waals surface area contributed by atoms with E-state index in [1.54, 1.807) is 13.8 Å². The van der Waals surface area contributed by atoms with Gasteiger partial charge >= 0.3 is 5.97 Å². The number of carbonyl (C=O) groups excluding carboxylic acids is 2. The van der Waals surface area contributed by atoms with Crippen LogP contribution < -0.4 is 5.56 Å². The Labute approximate surface area is 112 Å². The summed E-state index contributed by atoms with van der Waals surface area (Å²) < 4.78 is 6.15. The molecule has 1 aromatic rings. The zero-order valence-corrected chi connectivity index (χ0v) is 11.7. The lowest BCUT2D eigenvalue weighted by Gasteiger charge is -2.08. The monoisotopic (exact) mass is 316 g/mol. The first-order chi connectivity index (χ1) is 8.45. The SMILES string of the molecule is CCOC(=O)CC(=O)Cn1c(C)ncc(Br)c1=O. The molecule has 0 aliphatic carbocycles. The summed E-state index contributed by atoms with van der Waals surface area (Å²) >= 11 is 3.05. The highest BCUT2D eigenvalue weighted by Crippen LogP contribution is 2.02. The van der Waals surface area contributed by atoms with Crippen molar-refractivity contribution in [1.82, 2.24) is 9.55 Å². The maximum atomic E-state index is 11.7. The first kappa shape index (κ1) is 14.6. The van der Waals surface area contributed by atoms with Crippen molar-refractivity contribution in [3.05, 3.63) is 26.8 Å². The molecule has 98 valence electrons. The number of carbonyl (C=O) groups is 2. The van der Waals surface area contributed by atoms with Crippen LogP contribution in [0, 0.1) is 6.92 Å². The van der Waals surface area contributed by atoms with E-state index in [4.69, 9.17) is 0 Å². The van der Waals surface area contributed by atoms with Crippen LogP contribution in [0.3, 0.4) is 0 Å². The maximum Gasteiger partial charge on any atom is 0.313 e. The van der Waals surface area contributed by atoms with Crippen LogP contribution in [-0.2, 0) is 20.9 Å². The van der Waals surface area contributed by atoms with Crippen molar-refractivity contribution >= 4 is 27.7 Å². The second kappa shape index (κ2) is 6.44. The molecule has 0 amide bonds. The van der Waals surface area contributed by atoms with E-state index in [-0.39, 0.29) is 29.6 Å². The molecule has 0 aliphatic heterocycles. The van der Waals surface area contributed by atoms with E-state index >= 15 is 0 Å². The molecule has 0 spiro atoms. The predicted molar refractivity (Wildman–Crippen MR) is 67.2 cm³/mol. The first-order valence-electron chi connectivity index (χ1n) is 5.35. The Balaban J connectivity index is 2.80. The molecule has 0 bridgehead atoms. The third-order valence-corrected chi connectivity index (χ3v) is 2.73. The molecule has 0 aromatic carbocycles. The van der Waals surface area contributed by atoms with Gasteiger partial charge < -0.3 is 4.74 Å². The molecule has 7 heteroatoms. The number of halogens is 1. The molecule has 0 radical (unpaired) electrons. The van der Waals surface area contributed by atoms with Gasteiger partial charge in [-0.2, -0.15) is 0 Å². The Hall–Kier alpha value is -1.50. The van der Waals surface area contributed by atoms with Crippen LogP contribution in [0.4, 0.5) is 0 Å². The largest absolute Gasteiger partial charge is 0.466 e. The quantitative estimate of drug-likeness (QED) is 0.594. The summed E-state index contributed by atoms with van der Waals surface area (Å²) in [6.45, 7) is 3.32. The number of nitrogens with zero attached hydrogens (tertiary/aromatic N) is 2. The minimum Gasteiger partial charge on any atom is -0.466 e. The Kier molecular flexibility index (Phi) is 5.21. The van der Waals surface area contributed by atoms with E-state index in [2.05, 4.69) is 25.7 Å². The van der Waals surface area contributed by atoms with Crippen molar-refractivity contribution in [2.75, 3.05) is 6.61 Å². The summed E-state index contributed by atoms with van der Waals surface area (Å²) in [6, 6.07) is 0. The van der Waals surface area contributed by atoms with E-state index in [0.29, 0.717) is 5.82 Å². The number of hydrogen-bond acceptors (Lipinski definition) is 5. The normalized spacial score (nSPS) is 10.2. The van der Waals surface area contributed by atoms with E-state index in [1.165, 1.54) is 10.8 Å². The zero-order chi connectivity index (χ0) is 13.7. The third-order valence-electron chi connectivity index (χ3n) is 2.19. The van der Waals surface area contributed by atoms with Gasteiger partial charge in [0.2, 0.25) is 0 Å². The lowest BCUT2D eigenvalue weighted by atomic mass is 10.3. The minimum absolute atomic E-state index is 0.185. The number of hydrogen-bond donors (Lipinski definition) is 0. The van der Waals surface area contributed by atoms with Crippen LogP contribution in [0.2, 0.25) is 0 Å². The van der Waals surface area contributed by atoms with E-state index in [1.807, 2.05) is 0 Å². The van der Waals surface area contributed by atoms with Crippen molar-refractivity contribution in [2.45, 2.75) is 26.8 Å². The van der Waals surface area contributed by atoms with E-state index < -0.39 is 11.8 Å². The predicted octanol–water partition coefficient (Wildman–Crippen LogP) is 0.837. The lowest BCUT2D eigenvalue weighted by molar-refractivity contribution is -0.145. The molecular formula is C11H13BrN2O4. The number of esters is 1. The standard InChI is InChI=1S/C11H13BrN2O4/c1-3-18-10(16)4-8(15)6-14-7(2)13-5-9(12)11(14)17/h5H,3-4,6H2,1-2H3. The van der Waals surface area contributed by atoms with Gasteiger partial charge in [0, 0.05) is 6.20 Å². The van der Waals surface area contributed by atoms with Gasteiger partial charge in [-0.3, -0.25) is 19.0 Å². The van der Waals surface area contributed by atoms with Gasteiger partial charge in [0.05, 0.1) is 13.2 Å². The smallest absolute Gasteiger partial charge is 0.313 e. The Morgan fingerprint density at radius 3 is 2.78 bits per heavy atom. The highest BCUT2D eigenvalue weighted by Gasteiger charge is 2.14. The molecule has 0 saturated carbocycles. The molecule has 1 aromatic heterocycles. The topological polar surface area (TPSA) is 78.3 Å². The van der Waals surface area contributed by atoms with Gasteiger partial charge in [0.15, 0.2) is 5.78 Å². The van der Waals surface area contributed by atoms with Gasteiger partial charge in [-0.15, -0.1) is 0 Å². The number of aryl methyl sites for hydroxylation is 1. The maximum absolute atomic E-state index is 11.7. The van der Waals surface area contributed by atoms with Crippen molar-refractivity contribution in [3.8, 4) is 0 Å². The van der Waals surface area contributed by atoms with Crippen LogP contribution in [0.5, 0.6) is 0 Å². The lowest BCUT2D eigenvalue weighted by Crippen LogP contribution is -2.28. The fourth-order valence-electron chi connectivity index (χ4n) is 1.34.